The molecule has 0 amide bonds. The van der Waals surface area contributed by atoms with Crippen molar-refractivity contribution in [2.75, 3.05) is 32.8 Å². The monoisotopic (exact) mass is 316 g/mol. The predicted molar refractivity (Wildman–Crippen MR) is 90.5 cm³/mol. The fourth-order valence-corrected chi connectivity index (χ4v) is 4.64. The summed E-state index contributed by atoms with van der Waals surface area (Å²) in [5, 5.41) is 10.7. The smallest absolute Gasteiger partial charge is 0.0951 e. The van der Waals surface area contributed by atoms with Crippen molar-refractivity contribution in [2.24, 2.45) is 0 Å². The fraction of sp³-hybridized carbons (Fsp3) is 0.684. The first kappa shape index (κ1) is 15.6. The van der Waals surface area contributed by atoms with Crippen LogP contribution in [0, 0.1) is 0 Å². The van der Waals surface area contributed by atoms with E-state index < -0.39 is 0 Å². The summed E-state index contributed by atoms with van der Waals surface area (Å²) in [6.07, 6.45) is 3.48. The van der Waals surface area contributed by atoms with Gasteiger partial charge in [0.2, 0.25) is 0 Å². The molecule has 1 N–H and O–H groups in total. The number of benzene rings is 1. The van der Waals surface area contributed by atoms with Gasteiger partial charge in [0.25, 0.3) is 0 Å². The molecule has 0 aromatic heterocycles. The number of aliphatic hydroxyl groups excluding tert-OH is 1. The molecule has 23 heavy (non-hydrogen) atoms. The molecule has 2 heterocycles. The van der Waals surface area contributed by atoms with E-state index in [0.29, 0.717) is 12.1 Å². The average Bonchev–Trinajstić information content (AvgIpc) is 2.92. The molecule has 4 nitrogen and oxygen atoms in total. The molecule has 126 valence electrons. The van der Waals surface area contributed by atoms with Gasteiger partial charge in [-0.25, -0.2) is 0 Å². The van der Waals surface area contributed by atoms with Crippen molar-refractivity contribution in [3.05, 3.63) is 35.4 Å². The van der Waals surface area contributed by atoms with Crippen LogP contribution in [0.1, 0.15) is 37.0 Å². The Labute approximate surface area is 139 Å². The summed E-state index contributed by atoms with van der Waals surface area (Å²) in [4.78, 5) is 5.14. The minimum Gasteiger partial charge on any atom is -0.387 e. The maximum Gasteiger partial charge on any atom is 0.0951 e. The highest BCUT2D eigenvalue weighted by Gasteiger charge is 2.37. The highest BCUT2D eigenvalue weighted by molar-refractivity contribution is 5.35. The molecule has 3 atom stereocenters. The van der Waals surface area contributed by atoms with Crippen molar-refractivity contribution in [2.45, 2.75) is 50.5 Å². The fourth-order valence-electron chi connectivity index (χ4n) is 4.64. The van der Waals surface area contributed by atoms with E-state index >= 15 is 0 Å². The van der Waals surface area contributed by atoms with Gasteiger partial charge >= 0.3 is 0 Å². The minimum absolute atomic E-state index is 0.275. The first-order valence-electron chi connectivity index (χ1n) is 9.08. The summed E-state index contributed by atoms with van der Waals surface area (Å²) in [6, 6.07) is 9.34. The van der Waals surface area contributed by atoms with Crippen LogP contribution in [-0.4, -0.2) is 65.9 Å². The van der Waals surface area contributed by atoms with Gasteiger partial charge in [0.05, 0.1) is 18.8 Å². The van der Waals surface area contributed by atoms with Crippen molar-refractivity contribution < 1.29 is 9.84 Å². The molecule has 4 rings (SSSR count). The molecule has 0 radical (unpaired) electrons. The summed E-state index contributed by atoms with van der Waals surface area (Å²) >= 11 is 0. The van der Waals surface area contributed by atoms with Crippen LogP contribution in [0.25, 0.3) is 0 Å². The molecule has 3 unspecified atom stereocenters. The molecular formula is C19H28N2O2. The molecule has 2 saturated heterocycles. The number of morpholine rings is 1. The Hall–Kier alpha value is -0.940. The van der Waals surface area contributed by atoms with Crippen LogP contribution in [-0.2, 0) is 11.2 Å². The van der Waals surface area contributed by atoms with E-state index in [9.17, 15) is 5.11 Å². The third kappa shape index (κ3) is 3.05. The zero-order chi connectivity index (χ0) is 15.8. The Morgan fingerprint density at radius 1 is 1.09 bits per heavy atom. The van der Waals surface area contributed by atoms with Gasteiger partial charge in [-0.3, -0.25) is 9.80 Å². The highest BCUT2D eigenvalue weighted by Crippen LogP contribution is 2.35. The quantitative estimate of drug-likeness (QED) is 0.903. The van der Waals surface area contributed by atoms with Gasteiger partial charge < -0.3 is 9.84 Å². The van der Waals surface area contributed by atoms with Gasteiger partial charge in [0.1, 0.15) is 0 Å². The molecule has 0 bridgehead atoms. The topological polar surface area (TPSA) is 35.9 Å². The number of piperidine rings is 1. The number of likely N-dealkylation sites (tertiary alicyclic amines) is 1. The van der Waals surface area contributed by atoms with E-state index in [4.69, 9.17) is 4.74 Å². The van der Waals surface area contributed by atoms with Crippen LogP contribution < -0.4 is 0 Å². The zero-order valence-electron chi connectivity index (χ0n) is 14.0. The average molecular weight is 316 g/mol. The standard InChI is InChI=1S/C19H28N2O2/c1-14-13-21(10-11-23-14)16-6-8-20(9-7-16)18-12-15-4-2-3-5-17(15)19(18)22/h2-5,14,16,18-19,22H,6-13H2,1H3. The SMILES string of the molecule is CC1CN(C2CCN(C3Cc4ccccc4C3O)CC2)CCO1. The van der Waals surface area contributed by atoms with E-state index in [2.05, 4.69) is 34.9 Å². The molecule has 1 aliphatic carbocycles. The van der Waals surface area contributed by atoms with Crippen molar-refractivity contribution in [3.8, 4) is 0 Å². The second-order valence-corrected chi connectivity index (χ2v) is 7.36. The van der Waals surface area contributed by atoms with Gasteiger partial charge in [-0.15, -0.1) is 0 Å². The van der Waals surface area contributed by atoms with E-state index in [1.54, 1.807) is 0 Å². The largest absolute Gasteiger partial charge is 0.387 e. The molecular weight excluding hydrogens is 288 g/mol. The van der Waals surface area contributed by atoms with Gasteiger partial charge in [-0.05, 0) is 37.3 Å². The predicted octanol–water partition coefficient (Wildman–Crippen LogP) is 1.83. The number of rotatable bonds is 2. The molecule has 4 heteroatoms. The van der Waals surface area contributed by atoms with E-state index in [1.807, 2.05) is 6.07 Å². The maximum absolute atomic E-state index is 10.7. The third-order valence-corrected chi connectivity index (χ3v) is 5.92. The van der Waals surface area contributed by atoms with Crippen molar-refractivity contribution in [1.82, 2.24) is 9.80 Å². The van der Waals surface area contributed by atoms with Crippen molar-refractivity contribution >= 4 is 0 Å². The minimum atomic E-state index is -0.314. The molecule has 0 saturated carbocycles. The number of fused-ring (bicyclic) bond motifs is 1. The summed E-state index contributed by atoms with van der Waals surface area (Å²) in [5.74, 6) is 0. The second kappa shape index (κ2) is 6.52. The Kier molecular flexibility index (Phi) is 4.41. The lowest BCUT2D eigenvalue weighted by atomic mass is 9.99. The van der Waals surface area contributed by atoms with Crippen LogP contribution in [0.2, 0.25) is 0 Å². The van der Waals surface area contributed by atoms with Crippen LogP contribution in [0.4, 0.5) is 0 Å². The van der Waals surface area contributed by atoms with Gasteiger partial charge in [-0.1, -0.05) is 24.3 Å². The normalized spacial score (nSPS) is 33.7. The van der Waals surface area contributed by atoms with Gasteiger partial charge in [0, 0.05) is 38.3 Å². The summed E-state index contributed by atoms with van der Waals surface area (Å²) in [7, 11) is 0. The van der Waals surface area contributed by atoms with Crippen molar-refractivity contribution in [3.63, 3.8) is 0 Å². The summed E-state index contributed by atoms with van der Waals surface area (Å²) in [6.45, 7) is 7.40. The molecule has 1 aromatic rings. The Morgan fingerprint density at radius 3 is 2.61 bits per heavy atom. The Bertz CT molecular complexity index is 542. The second-order valence-electron chi connectivity index (χ2n) is 7.36. The third-order valence-electron chi connectivity index (χ3n) is 5.92. The molecule has 2 aliphatic heterocycles. The summed E-state index contributed by atoms with van der Waals surface area (Å²) < 4.78 is 5.67. The van der Waals surface area contributed by atoms with Crippen molar-refractivity contribution in [1.29, 1.82) is 0 Å². The lowest BCUT2D eigenvalue weighted by Crippen LogP contribution is -2.53. The first-order chi connectivity index (χ1) is 11.2. The van der Waals surface area contributed by atoms with Crippen LogP contribution in [0.3, 0.4) is 0 Å². The Morgan fingerprint density at radius 2 is 1.87 bits per heavy atom. The number of hydrogen-bond donors (Lipinski definition) is 1. The maximum atomic E-state index is 10.7. The lowest BCUT2D eigenvalue weighted by molar-refractivity contribution is -0.0490. The number of aliphatic hydroxyl groups is 1. The van der Waals surface area contributed by atoms with E-state index in [1.165, 1.54) is 18.4 Å². The Balaban J connectivity index is 1.35. The first-order valence-corrected chi connectivity index (χ1v) is 9.08. The molecule has 0 spiro atoms. The van der Waals surface area contributed by atoms with E-state index in [-0.39, 0.29) is 12.1 Å². The number of ether oxygens (including phenoxy) is 1. The van der Waals surface area contributed by atoms with Crippen LogP contribution in [0.5, 0.6) is 0 Å². The molecule has 1 aromatic carbocycles. The molecule has 3 aliphatic rings. The number of nitrogens with zero attached hydrogens (tertiary/aromatic N) is 2. The summed E-state index contributed by atoms with van der Waals surface area (Å²) in [5.41, 5.74) is 2.47. The van der Waals surface area contributed by atoms with Crippen LogP contribution in [0.15, 0.2) is 24.3 Å². The van der Waals surface area contributed by atoms with Crippen LogP contribution >= 0.6 is 0 Å². The zero-order valence-corrected chi connectivity index (χ0v) is 14.0. The van der Waals surface area contributed by atoms with Gasteiger partial charge in [0.15, 0.2) is 0 Å². The number of hydrogen-bond acceptors (Lipinski definition) is 4. The van der Waals surface area contributed by atoms with Gasteiger partial charge in [-0.2, -0.15) is 0 Å². The van der Waals surface area contributed by atoms with E-state index in [0.717, 1.165) is 44.8 Å². The highest BCUT2D eigenvalue weighted by atomic mass is 16.5. The lowest BCUT2D eigenvalue weighted by Gasteiger charge is -2.43. The molecule has 2 fully saturated rings.